The smallest absolute Gasteiger partial charge is 0.310 e. The van der Waals surface area contributed by atoms with E-state index in [9.17, 15) is 9.59 Å². The number of hydrogen-bond acceptors (Lipinski definition) is 8. The first-order chi connectivity index (χ1) is 16.9. The van der Waals surface area contributed by atoms with Gasteiger partial charge in [-0.3, -0.25) is 14.1 Å². The van der Waals surface area contributed by atoms with E-state index >= 15 is 0 Å². The first-order valence-electron chi connectivity index (χ1n) is 12.3. The van der Waals surface area contributed by atoms with Gasteiger partial charge in [-0.25, -0.2) is 0 Å². The maximum atomic E-state index is 12.5. The second-order valence-corrected chi connectivity index (χ2v) is 9.72. The van der Waals surface area contributed by atoms with Gasteiger partial charge in [0, 0.05) is 25.3 Å². The number of likely N-dealkylation sites (N-methyl/N-ethyl adjacent to an activating group) is 1. The molecule has 1 unspecified atom stereocenters. The number of para-hydroxylation sites is 1. The van der Waals surface area contributed by atoms with Crippen LogP contribution in [0.4, 0.5) is 0 Å². The molecule has 0 amide bonds. The highest BCUT2D eigenvalue weighted by Gasteiger charge is 2.31. The minimum atomic E-state index is -0.383. The monoisotopic (exact) mass is 502 g/mol. The minimum absolute atomic E-state index is 0.215. The number of quaternary nitrogens is 1. The van der Waals surface area contributed by atoms with Crippen LogP contribution in [-0.4, -0.2) is 58.6 Å². The Kier molecular flexibility index (Phi) is 10.2. The molecule has 190 valence electrons. The third-order valence-corrected chi connectivity index (χ3v) is 6.48. The second-order valence-electron chi connectivity index (χ2n) is 9.19. The lowest BCUT2D eigenvalue weighted by Gasteiger charge is -2.36. The summed E-state index contributed by atoms with van der Waals surface area (Å²) in [6, 6.07) is 7.24. The molecule has 0 radical (unpaired) electrons. The highest BCUT2D eigenvalue weighted by Crippen LogP contribution is 2.30. The summed E-state index contributed by atoms with van der Waals surface area (Å²) in [6.45, 7) is 6.05. The largest absolute Gasteiger partial charge is 0.475 e. The van der Waals surface area contributed by atoms with Crippen molar-refractivity contribution in [1.29, 1.82) is 0 Å². The van der Waals surface area contributed by atoms with Crippen molar-refractivity contribution in [3.8, 4) is 11.6 Å². The number of unbranched alkanes of at least 4 members (excludes halogenated alkanes) is 3. The van der Waals surface area contributed by atoms with Crippen molar-refractivity contribution < 1.29 is 28.3 Å². The van der Waals surface area contributed by atoms with Crippen LogP contribution in [0.3, 0.4) is 0 Å². The number of carbonyl (C=O) groups is 2. The molecule has 2 heterocycles. The summed E-state index contributed by atoms with van der Waals surface area (Å²) >= 11 is 1.17. The molecule has 1 aromatic heterocycles. The molecule has 0 saturated carbocycles. The molecule has 1 aliphatic heterocycles. The number of carbonyl (C=O) groups excluding carboxylic acids is 2. The zero-order chi connectivity index (χ0) is 25.1. The van der Waals surface area contributed by atoms with Gasteiger partial charge in [0.1, 0.15) is 18.0 Å². The van der Waals surface area contributed by atoms with Crippen LogP contribution in [0.2, 0.25) is 0 Å². The topological polar surface area (TPSA) is 87.6 Å². The molecule has 1 aliphatic rings. The molecule has 0 spiro atoms. The van der Waals surface area contributed by atoms with Crippen molar-refractivity contribution in [3.63, 3.8) is 0 Å². The van der Waals surface area contributed by atoms with Crippen LogP contribution < -0.4 is 9.47 Å². The highest BCUT2D eigenvalue weighted by atomic mass is 32.1. The number of rotatable bonds is 13. The average molecular weight is 503 g/mol. The molecule has 2 aromatic rings. The normalized spacial score (nSPS) is 17.5. The standard InChI is InChI=1S/C26H36N3O5S/c1-4-5-6-9-17-32-26-25(27-35-28-26)22-12-10-16-29(3,18-22)19-33-24(31)15-14-21-11-7-8-13-23(21)34-20(2)30/h7-8,11-13H,4-6,9-10,14-19H2,1-3H3/q+1. The molecule has 35 heavy (non-hydrogen) atoms. The van der Waals surface area contributed by atoms with E-state index in [1.54, 1.807) is 12.1 Å². The van der Waals surface area contributed by atoms with Gasteiger partial charge in [-0.2, -0.15) is 4.37 Å². The van der Waals surface area contributed by atoms with Crippen LogP contribution in [-0.2, 0) is 20.7 Å². The summed E-state index contributed by atoms with van der Waals surface area (Å²) in [5, 5.41) is 0. The Labute approximate surface area is 211 Å². The lowest BCUT2D eigenvalue weighted by Crippen LogP contribution is -2.49. The predicted molar refractivity (Wildman–Crippen MR) is 135 cm³/mol. The number of esters is 2. The number of aryl methyl sites for hydroxylation is 1. The van der Waals surface area contributed by atoms with Crippen molar-refractivity contribution in [2.24, 2.45) is 0 Å². The summed E-state index contributed by atoms with van der Waals surface area (Å²) in [5.74, 6) is 0.434. The molecule has 8 nitrogen and oxygen atoms in total. The fourth-order valence-electron chi connectivity index (χ4n) is 4.06. The Morgan fingerprint density at radius 3 is 2.77 bits per heavy atom. The molecular formula is C26H36N3O5S+. The number of ether oxygens (including phenoxy) is 3. The van der Waals surface area contributed by atoms with Gasteiger partial charge < -0.3 is 14.2 Å². The Morgan fingerprint density at radius 1 is 1.14 bits per heavy atom. The van der Waals surface area contributed by atoms with E-state index in [-0.39, 0.29) is 25.1 Å². The zero-order valence-corrected chi connectivity index (χ0v) is 21.8. The Hall–Kier alpha value is -2.78. The van der Waals surface area contributed by atoms with Gasteiger partial charge in [-0.1, -0.05) is 50.5 Å². The molecular weight excluding hydrogens is 466 g/mol. The van der Waals surface area contributed by atoms with E-state index in [2.05, 4.69) is 28.8 Å². The molecule has 3 rings (SSSR count). The van der Waals surface area contributed by atoms with Crippen LogP contribution >= 0.6 is 11.7 Å². The molecule has 0 bridgehead atoms. The van der Waals surface area contributed by atoms with Crippen molar-refractivity contribution in [1.82, 2.24) is 8.75 Å². The van der Waals surface area contributed by atoms with E-state index < -0.39 is 0 Å². The van der Waals surface area contributed by atoms with Crippen LogP contribution in [0.25, 0.3) is 5.57 Å². The Bertz CT molecular complexity index is 1020. The van der Waals surface area contributed by atoms with Crippen LogP contribution in [0, 0.1) is 0 Å². The summed E-state index contributed by atoms with van der Waals surface area (Å²) in [5.41, 5.74) is 2.70. The summed E-state index contributed by atoms with van der Waals surface area (Å²) in [6.07, 6.45) is 8.29. The molecule has 0 aliphatic carbocycles. The predicted octanol–water partition coefficient (Wildman–Crippen LogP) is 4.79. The lowest BCUT2D eigenvalue weighted by molar-refractivity contribution is -0.919. The fraction of sp³-hybridized carbons (Fsp3) is 0.538. The molecule has 0 fully saturated rings. The van der Waals surface area contributed by atoms with Gasteiger partial charge >= 0.3 is 11.9 Å². The molecule has 1 atom stereocenters. The maximum Gasteiger partial charge on any atom is 0.310 e. The Balaban J connectivity index is 1.50. The summed E-state index contributed by atoms with van der Waals surface area (Å²) < 4.78 is 26.2. The zero-order valence-electron chi connectivity index (χ0n) is 21.0. The van der Waals surface area contributed by atoms with Gasteiger partial charge in [0.05, 0.1) is 31.9 Å². The summed E-state index contributed by atoms with van der Waals surface area (Å²) in [7, 11) is 2.08. The fourth-order valence-corrected chi connectivity index (χ4v) is 4.59. The minimum Gasteiger partial charge on any atom is -0.475 e. The van der Waals surface area contributed by atoms with Crippen molar-refractivity contribution in [2.45, 2.75) is 58.8 Å². The van der Waals surface area contributed by atoms with Gasteiger partial charge in [-0.05, 0) is 24.5 Å². The van der Waals surface area contributed by atoms with Gasteiger partial charge in [0.25, 0.3) is 5.88 Å². The van der Waals surface area contributed by atoms with Gasteiger partial charge in [-0.15, -0.1) is 4.37 Å². The van der Waals surface area contributed by atoms with E-state index in [4.69, 9.17) is 14.2 Å². The van der Waals surface area contributed by atoms with E-state index in [1.807, 2.05) is 12.1 Å². The van der Waals surface area contributed by atoms with Crippen LogP contribution in [0.1, 0.15) is 63.6 Å². The SMILES string of the molecule is CCCCCCOc1nsnc1C1=CCC[N+](C)(COC(=O)CCc2ccccc2OC(C)=O)C1. The summed E-state index contributed by atoms with van der Waals surface area (Å²) in [4.78, 5) is 23.8. The van der Waals surface area contributed by atoms with Crippen molar-refractivity contribution in [2.75, 3.05) is 33.5 Å². The molecule has 0 N–H and O–H groups in total. The molecule has 1 aromatic carbocycles. The molecule has 0 saturated heterocycles. The van der Waals surface area contributed by atoms with Gasteiger partial charge in [0.15, 0.2) is 0 Å². The highest BCUT2D eigenvalue weighted by molar-refractivity contribution is 6.99. The van der Waals surface area contributed by atoms with E-state index in [0.717, 1.165) is 42.6 Å². The average Bonchev–Trinajstić information content (AvgIpc) is 3.30. The van der Waals surface area contributed by atoms with Crippen molar-refractivity contribution in [3.05, 3.63) is 41.6 Å². The number of hydrogen-bond donors (Lipinski definition) is 0. The first kappa shape index (κ1) is 26.8. The van der Waals surface area contributed by atoms with Crippen LogP contribution in [0.15, 0.2) is 30.3 Å². The number of aromatic nitrogens is 2. The van der Waals surface area contributed by atoms with Crippen molar-refractivity contribution >= 4 is 29.2 Å². The third kappa shape index (κ3) is 8.43. The van der Waals surface area contributed by atoms with E-state index in [1.165, 1.54) is 31.5 Å². The number of nitrogens with zero attached hydrogens (tertiary/aromatic N) is 3. The lowest BCUT2D eigenvalue weighted by atomic mass is 10.1. The Morgan fingerprint density at radius 2 is 1.97 bits per heavy atom. The first-order valence-corrected chi connectivity index (χ1v) is 13.0. The maximum absolute atomic E-state index is 12.5. The third-order valence-electron chi connectivity index (χ3n) is 5.97. The molecule has 9 heteroatoms. The quantitative estimate of drug-likeness (QED) is 0.168. The van der Waals surface area contributed by atoms with E-state index in [0.29, 0.717) is 35.7 Å². The second kappa shape index (κ2) is 13.3. The van der Waals surface area contributed by atoms with Crippen LogP contribution in [0.5, 0.6) is 11.6 Å². The van der Waals surface area contributed by atoms with Gasteiger partial charge in [0.2, 0.25) is 6.73 Å². The number of benzene rings is 1.